The number of hydrogen-bond donors (Lipinski definition) is 5. The fourth-order valence-electron chi connectivity index (χ4n) is 3.64. The van der Waals surface area contributed by atoms with Gasteiger partial charge < -0.3 is 49.2 Å². The van der Waals surface area contributed by atoms with Gasteiger partial charge in [-0.05, 0) is 24.3 Å². The standard InChI is InChI=1S/C24H24N2O13/c27-13(9-35-21(32)11-3-1-5-25-7-11)19-18(31)20(23(34)38-19)39-24-17(30)16(29)15(28)14(37-24)10-36-22(33)12-4-2-6-26-8-12/h1-8,13-17,19,24,27-31H,9-10H2/t13?,14-,15-,16+,17-,19-,24-/m1/s1. The molecule has 2 aromatic rings. The molecule has 2 aliphatic rings. The van der Waals surface area contributed by atoms with Crippen LogP contribution >= 0.6 is 0 Å². The van der Waals surface area contributed by atoms with Crippen LogP contribution in [0.5, 0.6) is 0 Å². The average Bonchev–Trinajstić information content (AvgIpc) is 3.24. The van der Waals surface area contributed by atoms with Crippen LogP contribution in [0.1, 0.15) is 20.7 Å². The predicted octanol–water partition coefficient (Wildman–Crippen LogP) is -1.63. The van der Waals surface area contributed by atoms with Gasteiger partial charge in [-0.1, -0.05) is 0 Å². The molecule has 1 fully saturated rings. The van der Waals surface area contributed by atoms with Crippen molar-refractivity contribution in [3.63, 3.8) is 0 Å². The van der Waals surface area contributed by atoms with Gasteiger partial charge in [0.05, 0.1) is 11.1 Å². The molecular weight excluding hydrogens is 524 g/mol. The van der Waals surface area contributed by atoms with E-state index in [-0.39, 0.29) is 11.1 Å². The molecule has 0 aliphatic carbocycles. The van der Waals surface area contributed by atoms with Gasteiger partial charge in [-0.2, -0.15) is 0 Å². The Labute approximate surface area is 219 Å². The summed E-state index contributed by atoms with van der Waals surface area (Å²) in [6, 6.07) is 5.86. The van der Waals surface area contributed by atoms with E-state index >= 15 is 0 Å². The number of esters is 3. The summed E-state index contributed by atoms with van der Waals surface area (Å²) in [6.07, 6.45) is -6.78. The zero-order chi connectivity index (χ0) is 28.1. The SMILES string of the molecule is O=C1O[C@H](C(O)COC(=O)c2cccnc2)C(O)=C1O[C@H]1O[C@H](COC(=O)c2cccnc2)[C@@H](O)[C@H](O)[C@H]1O. The number of aliphatic hydroxyl groups excluding tert-OH is 5. The molecular formula is C24H24N2O13. The molecule has 15 nitrogen and oxygen atoms in total. The first-order chi connectivity index (χ1) is 18.7. The Bertz CT molecular complexity index is 1210. The molecule has 208 valence electrons. The molecule has 1 saturated heterocycles. The maximum absolute atomic E-state index is 12.3. The highest BCUT2D eigenvalue weighted by atomic mass is 16.7. The lowest BCUT2D eigenvalue weighted by molar-refractivity contribution is -0.291. The molecule has 0 bridgehead atoms. The van der Waals surface area contributed by atoms with E-state index in [2.05, 4.69) is 9.97 Å². The summed E-state index contributed by atoms with van der Waals surface area (Å²) >= 11 is 0. The number of hydrogen-bond acceptors (Lipinski definition) is 15. The second-order valence-corrected chi connectivity index (χ2v) is 8.42. The maximum atomic E-state index is 12.3. The molecule has 39 heavy (non-hydrogen) atoms. The number of carbonyl (C=O) groups excluding carboxylic acids is 3. The Morgan fingerprint density at radius 3 is 2.15 bits per heavy atom. The van der Waals surface area contributed by atoms with Crippen LogP contribution in [0.15, 0.2) is 60.6 Å². The van der Waals surface area contributed by atoms with Gasteiger partial charge in [0.15, 0.2) is 11.9 Å². The Kier molecular flexibility index (Phi) is 8.68. The van der Waals surface area contributed by atoms with Crippen LogP contribution in [0, 0.1) is 0 Å². The molecule has 4 heterocycles. The minimum Gasteiger partial charge on any atom is -0.505 e. The second kappa shape index (κ2) is 12.1. The Balaban J connectivity index is 1.38. The quantitative estimate of drug-likeness (QED) is 0.175. The van der Waals surface area contributed by atoms with Crippen LogP contribution in [0.3, 0.4) is 0 Å². The highest BCUT2D eigenvalue weighted by molar-refractivity contribution is 5.90. The summed E-state index contributed by atoms with van der Waals surface area (Å²) in [4.78, 5) is 44.1. The summed E-state index contributed by atoms with van der Waals surface area (Å²) in [5.74, 6) is -4.66. The first-order valence-corrected chi connectivity index (χ1v) is 11.5. The summed E-state index contributed by atoms with van der Waals surface area (Å²) < 4.78 is 25.5. The van der Waals surface area contributed by atoms with E-state index in [1.165, 1.54) is 49.1 Å². The Morgan fingerprint density at radius 1 is 0.949 bits per heavy atom. The fourth-order valence-corrected chi connectivity index (χ4v) is 3.64. The molecule has 2 aromatic heterocycles. The van der Waals surface area contributed by atoms with Gasteiger partial charge in [0.1, 0.15) is 43.7 Å². The third kappa shape index (κ3) is 6.30. The number of nitrogens with zero attached hydrogens (tertiary/aromatic N) is 2. The number of aromatic nitrogens is 2. The van der Waals surface area contributed by atoms with Gasteiger partial charge in [0.25, 0.3) is 0 Å². The van der Waals surface area contributed by atoms with E-state index in [9.17, 15) is 39.9 Å². The molecule has 4 rings (SSSR count). The van der Waals surface area contributed by atoms with Crippen LogP contribution in [-0.4, -0.2) is 110 Å². The van der Waals surface area contributed by atoms with Crippen LogP contribution < -0.4 is 0 Å². The highest BCUT2D eigenvalue weighted by Crippen LogP contribution is 2.30. The van der Waals surface area contributed by atoms with Gasteiger partial charge in [0, 0.05) is 24.8 Å². The molecule has 0 spiro atoms. The van der Waals surface area contributed by atoms with E-state index in [0.717, 1.165) is 0 Å². The number of rotatable bonds is 9. The second-order valence-electron chi connectivity index (χ2n) is 8.42. The van der Waals surface area contributed by atoms with E-state index in [0.29, 0.717) is 0 Å². The van der Waals surface area contributed by atoms with Gasteiger partial charge in [-0.15, -0.1) is 0 Å². The Hall–Kier alpha value is -4.15. The van der Waals surface area contributed by atoms with Crippen LogP contribution in [0.2, 0.25) is 0 Å². The lowest BCUT2D eigenvalue weighted by Gasteiger charge is -2.39. The van der Waals surface area contributed by atoms with Crippen LogP contribution in [0.25, 0.3) is 0 Å². The number of carbonyl (C=O) groups is 3. The van der Waals surface area contributed by atoms with Crippen molar-refractivity contribution in [2.45, 2.75) is 42.9 Å². The molecule has 0 radical (unpaired) electrons. The van der Waals surface area contributed by atoms with E-state index in [4.69, 9.17) is 23.7 Å². The minimum absolute atomic E-state index is 0.0988. The first kappa shape index (κ1) is 27.9. The van der Waals surface area contributed by atoms with E-state index in [1.54, 1.807) is 0 Å². The van der Waals surface area contributed by atoms with E-state index in [1.807, 2.05) is 0 Å². The fraction of sp³-hybridized carbons (Fsp3) is 0.375. The lowest BCUT2D eigenvalue weighted by atomic mass is 9.99. The molecule has 0 amide bonds. The zero-order valence-electron chi connectivity index (χ0n) is 20.0. The Morgan fingerprint density at radius 2 is 1.56 bits per heavy atom. The summed E-state index contributed by atoms with van der Waals surface area (Å²) in [6.45, 7) is -1.27. The minimum atomic E-state index is -1.91. The lowest BCUT2D eigenvalue weighted by Crippen LogP contribution is -2.59. The molecule has 2 aliphatic heterocycles. The third-order valence-electron chi connectivity index (χ3n) is 5.73. The molecule has 0 saturated carbocycles. The predicted molar refractivity (Wildman–Crippen MR) is 122 cm³/mol. The molecule has 7 atom stereocenters. The van der Waals surface area contributed by atoms with Crippen LogP contribution in [0.4, 0.5) is 0 Å². The smallest absolute Gasteiger partial charge is 0.378 e. The average molecular weight is 548 g/mol. The van der Waals surface area contributed by atoms with Crippen molar-refractivity contribution >= 4 is 17.9 Å². The highest BCUT2D eigenvalue weighted by Gasteiger charge is 2.49. The van der Waals surface area contributed by atoms with Gasteiger partial charge in [0.2, 0.25) is 12.0 Å². The molecule has 1 unspecified atom stereocenters. The van der Waals surface area contributed by atoms with Gasteiger partial charge >= 0.3 is 17.9 Å². The summed E-state index contributed by atoms with van der Waals surface area (Å²) in [7, 11) is 0. The number of cyclic esters (lactones) is 1. The first-order valence-electron chi connectivity index (χ1n) is 11.5. The maximum Gasteiger partial charge on any atom is 0.378 e. The molecule has 0 aromatic carbocycles. The normalized spacial score (nSPS) is 27.4. The van der Waals surface area contributed by atoms with Crippen LogP contribution in [-0.2, 0) is 28.5 Å². The van der Waals surface area contributed by atoms with Crippen molar-refractivity contribution in [1.29, 1.82) is 0 Å². The van der Waals surface area contributed by atoms with Gasteiger partial charge in [-0.25, -0.2) is 14.4 Å². The number of pyridine rings is 2. The van der Waals surface area contributed by atoms with Crippen molar-refractivity contribution in [3.05, 3.63) is 71.7 Å². The monoisotopic (exact) mass is 548 g/mol. The van der Waals surface area contributed by atoms with Crippen molar-refractivity contribution in [2.75, 3.05) is 13.2 Å². The molecule has 15 heteroatoms. The largest absolute Gasteiger partial charge is 0.505 e. The zero-order valence-corrected chi connectivity index (χ0v) is 20.0. The van der Waals surface area contributed by atoms with Gasteiger partial charge in [-0.3, -0.25) is 9.97 Å². The number of aliphatic hydroxyl groups is 5. The third-order valence-corrected chi connectivity index (χ3v) is 5.73. The molecule has 5 N–H and O–H groups in total. The van der Waals surface area contributed by atoms with Crippen molar-refractivity contribution in [3.8, 4) is 0 Å². The summed E-state index contributed by atoms with van der Waals surface area (Å²) in [5.41, 5.74) is 0.206. The van der Waals surface area contributed by atoms with Crippen molar-refractivity contribution < 1.29 is 63.6 Å². The van der Waals surface area contributed by atoms with Crippen molar-refractivity contribution in [2.24, 2.45) is 0 Å². The van der Waals surface area contributed by atoms with Crippen molar-refractivity contribution in [1.82, 2.24) is 9.97 Å². The number of ether oxygens (including phenoxy) is 5. The van der Waals surface area contributed by atoms with E-state index < -0.39 is 85.6 Å². The summed E-state index contributed by atoms with van der Waals surface area (Å²) in [5, 5.41) is 51.5. The topological polar surface area (TPSA) is 224 Å².